The van der Waals surface area contributed by atoms with Gasteiger partial charge in [0.25, 0.3) is 0 Å². The number of carbonyl (C=O) groups is 2. The van der Waals surface area contributed by atoms with Gasteiger partial charge in [0, 0.05) is 29.3 Å². The topological polar surface area (TPSA) is 182 Å². The van der Waals surface area contributed by atoms with Gasteiger partial charge in [-0.2, -0.15) is 0 Å². The van der Waals surface area contributed by atoms with E-state index in [-0.39, 0.29) is 45.5 Å². The van der Waals surface area contributed by atoms with Gasteiger partial charge < -0.3 is 25.4 Å². The van der Waals surface area contributed by atoms with Crippen LogP contribution in [-0.2, 0) is 20.4 Å². The Balaban J connectivity index is 1.75. The lowest BCUT2D eigenvalue weighted by atomic mass is 9.76. The van der Waals surface area contributed by atoms with Crippen molar-refractivity contribution in [2.75, 3.05) is 4.90 Å². The van der Waals surface area contributed by atoms with Crippen molar-refractivity contribution in [3.8, 4) is 23.0 Å². The third-order valence-electron chi connectivity index (χ3n) is 6.63. The number of nitrogens with two attached hydrogens (primary N) is 2. The number of para-hydroxylation sites is 1. The number of aromatic hydroxyl groups is 2. The van der Waals surface area contributed by atoms with Crippen LogP contribution in [0.25, 0.3) is 0 Å². The minimum absolute atomic E-state index is 0.0352. The van der Waals surface area contributed by atoms with Gasteiger partial charge >= 0.3 is 12.0 Å². The minimum atomic E-state index is -4.35. The highest BCUT2D eigenvalue weighted by molar-refractivity contribution is 7.89. The number of benzene rings is 4. The molecule has 4 aromatic carbocycles. The van der Waals surface area contributed by atoms with Crippen molar-refractivity contribution in [2.24, 2.45) is 10.9 Å². The second-order valence-electron chi connectivity index (χ2n) is 8.92. The Kier molecular flexibility index (Phi) is 5.11. The van der Waals surface area contributed by atoms with Crippen LogP contribution in [0.2, 0.25) is 0 Å². The number of ether oxygens (including phenoxy) is 2. The molecule has 39 heavy (non-hydrogen) atoms. The van der Waals surface area contributed by atoms with Gasteiger partial charge in [-0.05, 0) is 30.3 Å². The largest absolute Gasteiger partial charge is 0.508 e. The number of rotatable bonds is 3. The molecule has 0 radical (unpaired) electrons. The normalized spacial score (nSPS) is 17.0. The Hall–Kier alpha value is -5.07. The summed E-state index contributed by atoms with van der Waals surface area (Å²) in [6.45, 7) is 0. The number of phenolic OH excluding ortho intramolecular Hbond substituents is 2. The summed E-state index contributed by atoms with van der Waals surface area (Å²) >= 11 is 0. The Labute approximate surface area is 221 Å². The maximum absolute atomic E-state index is 13.2. The van der Waals surface area contributed by atoms with E-state index in [1.165, 1.54) is 54.6 Å². The molecule has 12 heteroatoms. The van der Waals surface area contributed by atoms with Crippen LogP contribution in [0.4, 0.5) is 16.2 Å². The van der Waals surface area contributed by atoms with Crippen molar-refractivity contribution in [3.63, 3.8) is 0 Å². The Bertz CT molecular complexity index is 1840. The van der Waals surface area contributed by atoms with Gasteiger partial charge in [0.1, 0.15) is 27.9 Å². The number of fused-ring (bicyclic) bond motifs is 6. The maximum atomic E-state index is 13.2. The SMILES string of the molecule is NC(=O)N(c1ccccc1S(N)(=O)=O)c1cc(O)cc2c1C1(OC(=O)c3ccccc31)c1ccc(O)cc1O2. The van der Waals surface area contributed by atoms with Gasteiger partial charge in [-0.25, -0.2) is 23.1 Å². The van der Waals surface area contributed by atoms with E-state index in [1.54, 1.807) is 24.3 Å². The van der Waals surface area contributed by atoms with Gasteiger partial charge in [0.15, 0.2) is 5.60 Å². The number of primary sulfonamides is 1. The molecule has 0 aromatic heterocycles. The molecule has 196 valence electrons. The molecule has 6 N–H and O–H groups in total. The zero-order valence-electron chi connectivity index (χ0n) is 19.9. The first-order chi connectivity index (χ1) is 18.5. The highest BCUT2D eigenvalue weighted by Crippen LogP contribution is 2.60. The lowest BCUT2D eigenvalue weighted by Crippen LogP contribution is -2.38. The van der Waals surface area contributed by atoms with Crippen molar-refractivity contribution in [1.82, 2.24) is 0 Å². The van der Waals surface area contributed by atoms with E-state index in [0.717, 1.165) is 4.90 Å². The monoisotopic (exact) mass is 545 g/mol. The number of nitrogens with zero attached hydrogens (tertiary/aromatic N) is 1. The molecule has 11 nitrogen and oxygen atoms in total. The van der Waals surface area contributed by atoms with Gasteiger partial charge in [-0.15, -0.1) is 0 Å². The molecule has 2 amide bonds. The van der Waals surface area contributed by atoms with Crippen molar-refractivity contribution in [2.45, 2.75) is 10.5 Å². The van der Waals surface area contributed by atoms with Crippen molar-refractivity contribution >= 4 is 33.4 Å². The Morgan fingerprint density at radius 1 is 0.846 bits per heavy atom. The van der Waals surface area contributed by atoms with Crippen LogP contribution in [0.15, 0.2) is 83.8 Å². The number of carbonyl (C=O) groups excluding carboxylic acids is 2. The first kappa shape index (κ1) is 24.3. The highest BCUT2D eigenvalue weighted by atomic mass is 32.2. The molecule has 1 unspecified atom stereocenters. The molecule has 1 spiro atoms. The van der Waals surface area contributed by atoms with Crippen molar-refractivity contribution in [1.29, 1.82) is 0 Å². The first-order valence-electron chi connectivity index (χ1n) is 11.5. The van der Waals surface area contributed by atoms with Crippen LogP contribution in [0, 0.1) is 0 Å². The molecule has 2 aliphatic rings. The van der Waals surface area contributed by atoms with Crippen LogP contribution in [0.3, 0.4) is 0 Å². The zero-order valence-corrected chi connectivity index (χ0v) is 20.7. The summed E-state index contributed by atoms with van der Waals surface area (Å²) < 4.78 is 37.0. The molecule has 0 bridgehead atoms. The van der Waals surface area contributed by atoms with Gasteiger partial charge in [0.05, 0.1) is 22.5 Å². The molecule has 2 aliphatic heterocycles. The third-order valence-corrected chi connectivity index (χ3v) is 7.59. The summed E-state index contributed by atoms with van der Waals surface area (Å²) in [5, 5.41) is 26.3. The number of amides is 2. The summed E-state index contributed by atoms with van der Waals surface area (Å²) in [6, 6.07) is 17.5. The number of primary amides is 1. The smallest absolute Gasteiger partial charge is 0.340 e. The summed E-state index contributed by atoms with van der Waals surface area (Å²) in [5.74, 6) is -1.09. The van der Waals surface area contributed by atoms with Gasteiger partial charge in [-0.3, -0.25) is 4.90 Å². The van der Waals surface area contributed by atoms with Crippen molar-refractivity contribution < 1.29 is 37.7 Å². The fraction of sp³-hybridized carbons (Fsp3) is 0.0370. The summed E-state index contributed by atoms with van der Waals surface area (Å²) in [4.78, 5) is 26.7. The summed E-state index contributed by atoms with van der Waals surface area (Å²) in [5.41, 5.74) is 4.75. The van der Waals surface area contributed by atoms with E-state index in [9.17, 15) is 28.2 Å². The highest BCUT2D eigenvalue weighted by Gasteiger charge is 2.55. The number of sulfonamides is 1. The number of anilines is 2. The van der Waals surface area contributed by atoms with Crippen LogP contribution >= 0.6 is 0 Å². The van der Waals surface area contributed by atoms with Crippen LogP contribution in [0.1, 0.15) is 27.0 Å². The summed E-state index contributed by atoms with van der Waals surface area (Å²) in [7, 11) is -4.35. The zero-order chi connectivity index (χ0) is 27.7. The third kappa shape index (κ3) is 3.50. The predicted octanol–water partition coefficient (Wildman–Crippen LogP) is 3.53. The number of urea groups is 1. The molecule has 0 saturated heterocycles. The number of hydrogen-bond donors (Lipinski definition) is 4. The van der Waals surface area contributed by atoms with E-state index in [4.69, 9.17) is 20.3 Å². The fourth-order valence-corrected chi connectivity index (χ4v) is 5.91. The van der Waals surface area contributed by atoms with E-state index in [0.29, 0.717) is 11.1 Å². The molecular formula is C27H19N3O8S. The lowest BCUT2D eigenvalue weighted by molar-refractivity contribution is 0.0226. The van der Waals surface area contributed by atoms with E-state index < -0.39 is 32.5 Å². The average molecular weight is 546 g/mol. The summed E-state index contributed by atoms with van der Waals surface area (Å²) in [6.07, 6.45) is 0. The standard InChI is InChI=1S/C27H19N3O8S/c28-26(34)30(19-7-3-4-8-23(19)39(29,35)36)20-11-15(32)13-22-24(20)27(18-10-9-14(31)12-21(18)37-22)17-6-2-1-5-16(17)25(33)38-27/h1-13,31-32H,(H2,28,34)(H2,29,35,36). The predicted molar refractivity (Wildman–Crippen MR) is 138 cm³/mol. The van der Waals surface area contributed by atoms with Crippen LogP contribution in [-0.4, -0.2) is 30.6 Å². The number of hydrogen-bond acceptors (Lipinski definition) is 8. The molecule has 4 aromatic rings. The fourth-order valence-electron chi connectivity index (χ4n) is 5.19. The quantitative estimate of drug-likeness (QED) is 0.282. The van der Waals surface area contributed by atoms with E-state index in [1.807, 2.05) is 0 Å². The van der Waals surface area contributed by atoms with Crippen molar-refractivity contribution in [3.05, 3.63) is 101 Å². The molecule has 2 heterocycles. The van der Waals surface area contributed by atoms with Gasteiger partial charge in [-0.1, -0.05) is 30.3 Å². The maximum Gasteiger partial charge on any atom is 0.340 e. The van der Waals surface area contributed by atoms with Crippen LogP contribution < -0.4 is 20.5 Å². The number of phenols is 2. The number of esters is 1. The second kappa shape index (κ2) is 8.21. The molecule has 0 fully saturated rings. The molecule has 6 rings (SSSR count). The second-order valence-corrected chi connectivity index (χ2v) is 10.5. The van der Waals surface area contributed by atoms with E-state index in [2.05, 4.69) is 0 Å². The molecule has 0 saturated carbocycles. The average Bonchev–Trinajstić information content (AvgIpc) is 3.16. The molecular weight excluding hydrogens is 526 g/mol. The molecule has 1 atom stereocenters. The minimum Gasteiger partial charge on any atom is -0.508 e. The van der Waals surface area contributed by atoms with E-state index >= 15 is 0 Å². The van der Waals surface area contributed by atoms with Crippen LogP contribution in [0.5, 0.6) is 23.0 Å². The van der Waals surface area contributed by atoms with Gasteiger partial charge in [0.2, 0.25) is 10.0 Å². The Morgan fingerprint density at radius 3 is 2.28 bits per heavy atom. The lowest BCUT2D eigenvalue weighted by Gasteiger charge is -2.39. The Morgan fingerprint density at radius 2 is 1.54 bits per heavy atom. The molecule has 0 aliphatic carbocycles. The first-order valence-corrected chi connectivity index (χ1v) is 13.0.